The molecule has 5 heteroatoms. The van der Waals surface area contributed by atoms with E-state index in [0.29, 0.717) is 16.7 Å². The molecule has 5 nitrogen and oxygen atoms in total. The Morgan fingerprint density at radius 3 is 1.78 bits per heavy atom. The molecule has 0 fully saturated rings. The Bertz CT molecular complexity index is 3400. The highest BCUT2D eigenvalue weighted by Gasteiger charge is 2.24. The van der Waals surface area contributed by atoms with E-state index in [2.05, 4.69) is 130 Å². The van der Waals surface area contributed by atoms with Crippen molar-refractivity contribution in [2.24, 2.45) is 0 Å². The SMILES string of the molecule is N#Cc1ccc(-c2ccc(-n3c4ccccc4c4ccccc43)cc2-n2c3ccccc3c3c4oc5ccccc5c4ccc32)c(C#N)c1-c1ccccc1. The van der Waals surface area contributed by atoms with Gasteiger partial charge in [0.25, 0.3) is 0 Å². The van der Waals surface area contributed by atoms with Crippen LogP contribution in [0, 0.1) is 22.7 Å². The molecule has 55 heavy (non-hydrogen) atoms. The summed E-state index contributed by atoms with van der Waals surface area (Å²) in [4.78, 5) is 0. The van der Waals surface area contributed by atoms with Crippen molar-refractivity contribution in [1.29, 1.82) is 10.5 Å². The third-order valence-corrected chi connectivity index (χ3v) is 11.0. The van der Waals surface area contributed by atoms with Crippen LogP contribution in [0.15, 0.2) is 174 Å². The van der Waals surface area contributed by atoms with Gasteiger partial charge >= 0.3 is 0 Å². The molecule has 0 amide bonds. The summed E-state index contributed by atoms with van der Waals surface area (Å²) in [5.41, 5.74) is 11.8. The lowest BCUT2D eigenvalue weighted by Gasteiger charge is -2.19. The third kappa shape index (κ3) is 4.39. The summed E-state index contributed by atoms with van der Waals surface area (Å²) in [7, 11) is 0. The average molecular weight is 701 g/mol. The number of para-hydroxylation sites is 4. The minimum Gasteiger partial charge on any atom is -0.455 e. The maximum atomic E-state index is 11.0. The molecule has 11 aromatic rings. The van der Waals surface area contributed by atoms with Crippen LogP contribution in [0.4, 0.5) is 0 Å². The summed E-state index contributed by atoms with van der Waals surface area (Å²) >= 11 is 0. The van der Waals surface area contributed by atoms with Crippen LogP contribution in [0.1, 0.15) is 11.1 Å². The number of aromatic nitrogens is 2. The van der Waals surface area contributed by atoms with Gasteiger partial charge in [-0.15, -0.1) is 0 Å². The minimum absolute atomic E-state index is 0.455. The van der Waals surface area contributed by atoms with Crippen molar-refractivity contribution in [1.82, 2.24) is 9.13 Å². The molecule has 0 saturated heterocycles. The van der Waals surface area contributed by atoms with E-state index in [1.165, 1.54) is 10.8 Å². The molecule has 0 spiro atoms. The molecule has 0 aliphatic carbocycles. The average Bonchev–Trinajstić information content (AvgIpc) is 3.91. The van der Waals surface area contributed by atoms with Gasteiger partial charge in [-0.2, -0.15) is 10.5 Å². The molecule has 0 radical (unpaired) electrons. The number of nitrogens with zero attached hydrogens (tertiary/aromatic N) is 4. The summed E-state index contributed by atoms with van der Waals surface area (Å²) < 4.78 is 11.3. The Morgan fingerprint density at radius 1 is 0.455 bits per heavy atom. The molecule has 0 atom stereocenters. The summed E-state index contributed by atoms with van der Waals surface area (Å²) in [6.45, 7) is 0. The van der Waals surface area contributed by atoms with Crippen molar-refractivity contribution >= 4 is 65.6 Å². The zero-order chi connectivity index (χ0) is 36.6. The largest absolute Gasteiger partial charge is 0.455 e. The summed E-state index contributed by atoms with van der Waals surface area (Å²) in [6.07, 6.45) is 0. The molecule has 0 aliphatic rings. The maximum absolute atomic E-state index is 11.0. The Morgan fingerprint density at radius 2 is 1.07 bits per heavy atom. The fourth-order valence-corrected chi connectivity index (χ4v) is 8.71. The Kier molecular flexibility index (Phi) is 6.61. The monoisotopic (exact) mass is 700 g/mol. The van der Waals surface area contributed by atoms with E-state index in [9.17, 15) is 10.5 Å². The molecule has 3 aromatic heterocycles. The van der Waals surface area contributed by atoms with Crippen LogP contribution in [0.25, 0.3) is 99.2 Å². The predicted octanol–water partition coefficient (Wildman–Crippen LogP) is 12.9. The third-order valence-electron chi connectivity index (χ3n) is 11.0. The van der Waals surface area contributed by atoms with Crippen molar-refractivity contribution in [3.63, 3.8) is 0 Å². The highest BCUT2D eigenvalue weighted by atomic mass is 16.3. The number of nitriles is 2. The molecule has 11 rings (SSSR count). The molecular weight excluding hydrogens is 673 g/mol. The van der Waals surface area contributed by atoms with Crippen LogP contribution in [0.5, 0.6) is 0 Å². The van der Waals surface area contributed by atoms with Crippen molar-refractivity contribution in [2.45, 2.75) is 0 Å². The Hall–Kier alpha value is -7.86. The summed E-state index contributed by atoms with van der Waals surface area (Å²) in [5, 5.41) is 27.8. The maximum Gasteiger partial charge on any atom is 0.145 e. The molecular formula is C50H28N4O. The number of hydrogen-bond donors (Lipinski definition) is 0. The van der Waals surface area contributed by atoms with Gasteiger partial charge in [0.05, 0.1) is 50.3 Å². The Balaban J connectivity index is 1.29. The molecule has 0 unspecified atom stereocenters. The summed E-state index contributed by atoms with van der Waals surface area (Å²) in [5.74, 6) is 0. The van der Waals surface area contributed by atoms with E-state index in [4.69, 9.17) is 4.42 Å². The van der Waals surface area contributed by atoms with Crippen molar-refractivity contribution in [3.05, 3.63) is 181 Å². The molecule has 8 aromatic carbocycles. The summed E-state index contributed by atoms with van der Waals surface area (Å²) in [6, 6.07) is 62.9. The van der Waals surface area contributed by atoms with Crippen molar-refractivity contribution in [3.8, 4) is 45.8 Å². The van der Waals surface area contributed by atoms with E-state index >= 15 is 0 Å². The quantitative estimate of drug-likeness (QED) is 0.183. The first-order valence-corrected chi connectivity index (χ1v) is 18.2. The molecule has 254 valence electrons. The second-order valence-corrected chi connectivity index (χ2v) is 13.9. The van der Waals surface area contributed by atoms with E-state index in [1.54, 1.807) is 0 Å². The van der Waals surface area contributed by atoms with Crippen LogP contribution in [-0.4, -0.2) is 9.13 Å². The Labute approximate surface area is 315 Å². The lowest BCUT2D eigenvalue weighted by molar-refractivity contribution is 0.673. The zero-order valence-electron chi connectivity index (χ0n) is 29.4. The number of rotatable bonds is 4. The first-order valence-electron chi connectivity index (χ1n) is 18.2. The van der Waals surface area contributed by atoms with E-state index in [1.807, 2.05) is 60.7 Å². The lowest BCUT2D eigenvalue weighted by Crippen LogP contribution is -2.03. The van der Waals surface area contributed by atoms with Crippen LogP contribution in [0.2, 0.25) is 0 Å². The minimum atomic E-state index is 0.455. The van der Waals surface area contributed by atoms with Crippen molar-refractivity contribution in [2.75, 3.05) is 0 Å². The van der Waals surface area contributed by atoms with Crippen LogP contribution in [0.3, 0.4) is 0 Å². The fraction of sp³-hybridized carbons (Fsp3) is 0. The molecule has 0 N–H and O–H groups in total. The fourth-order valence-electron chi connectivity index (χ4n) is 8.71. The number of benzene rings is 8. The lowest BCUT2D eigenvalue weighted by atomic mass is 9.88. The van der Waals surface area contributed by atoms with Gasteiger partial charge in [0.2, 0.25) is 0 Å². The second kappa shape index (κ2) is 11.8. The smallest absolute Gasteiger partial charge is 0.145 e. The van der Waals surface area contributed by atoms with Gasteiger partial charge in [-0.05, 0) is 60.2 Å². The van der Waals surface area contributed by atoms with Crippen LogP contribution in [-0.2, 0) is 0 Å². The number of fused-ring (bicyclic) bond motifs is 10. The van der Waals surface area contributed by atoms with E-state index in [-0.39, 0.29) is 0 Å². The molecule has 0 saturated carbocycles. The highest BCUT2D eigenvalue weighted by Crippen LogP contribution is 2.44. The van der Waals surface area contributed by atoms with Gasteiger partial charge in [-0.1, -0.05) is 115 Å². The van der Waals surface area contributed by atoms with Crippen molar-refractivity contribution < 1.29 is 4.42 Å². The molecule has 0 aliphatic heterocycles. The van der Waals surface area contributed by atoms with Gasteiger partial charge in [0.1, 0.15) is 17.2 Å². The van der Waals surface area contributed by atoms with Crippen LogP contribution >= 0.6 is 0 Å². The normalized spacial score (nSPS) is 11.6. The van der Waals surface area contributed by atoms with Gasteiger partial charge < -0.3 is 13.6 Å². The first-order chi connectivity index (χ1) is 27.2. The van der Waals surface area contributed by atoms with Gasteiger partial charge in [0, 0.05) is 49.3 Å². The first kappa shape index (κ1) is 30.7. The number of hydrogen-bond acceptors (Lipinski definition) is 3. The van der Waals surface area contributed by atoms with Gasteiger partial charge in [-0.25, -0.2) is 0 Å². The van der Waals surface area contributed by atoms with Crippen LogP contribution < -0.4 is 0 Å². The standard InChI is InChI=1S/C50H28N4O/c51-29-32-22-24-34(41(30-52)48(32)31-12-2-1-3-13-31)37-25-23-33(53-42-18-8-4-14-35(42)36-15-5-9-19-43(36)53)28-46(37)54-44-20-10-6-17-40(44)49-45(54)27-26-39-38-16-7-11-21-47(38)55-50(39)49/h1-28H. The second-order valence-electron chi connectivity index (χ2n) is 13.9. The molecule has 0 bridgehead atoms. The van der Waals surface area contributed by atoms with Gasteiger partial charge in [-0.3, -0.25) is 0 Å². The van der Waals surface area contributed by atoms with E-state index < -0.39 is 0 Å². The zero-order valence-corrected chi connectivity index (χ0v) is 29.4. The van der Waals surface area contributed by atoms with E-state index in [0.717, 1.165) is 82.8 Å². The predicted molar refractivity (Wildman–Crippen MR) is 223 cm³/mol. The topological polar surface area (TPSA) is 70.6 Å². The molecule has 3 heterocycles. The number of furan rings is 1. The van der Waals surface area contributed by atoms with Gasteiger partial charge in [0.15, 0.2) is 0 Å². The highest BCUT2D eigenvalue weighted by molar-refractivity contribution is 6.24.